The second-order valence-corrected chi connectivity index (χ2v) is 4.19. The number of nitrogens with zero attached hydrogens (tertiary/aromatic N) is 1. The molecule has 1 heteroatoms. The molecule has 1 rings (SSSR count). The molecule has 0 radical (unpaired) electrons. The van der Waals surface area contributed by atoms with Crippen molar-refractivity contribution in [3.8, 4) is 12.3 Å². The zero-order chi connectivity index (χ0) is 9.73. The molecular formula is C12H21N. The lowest BCUT2D eigenvalue weighted by Gasteiger charge is -2.40. The highest BCUT2D eigenvalue weighted by Crippen LogP contribution is 2.37. The lowest BCUT2D eigenvalue weighted by atomic mass is 9.74. The fourth-order valence-corrected chi connectivity index (χ4v) is 2.27. The minimum Gasteiger partial charge on any atom is -0.292 e. The Morgan fingerprint density at radius 2 is 1.77 bits per heavy atom. The van der Waals surface area contributed by atoms with Gasteiger partial charge in [-0.25, -0.2) is 0 Å². The van der Waals surface area contributed by atoms with Crippen molar-refractivity contribution in [3.05, 3.63) is 0 Å². The van der Waals surface area contributed by atoms with Gasteiger partial charge in [0.1, 0.15) is 0 Å². The molecule has 0 saturated carbocycles. The molecule has 0 aliphatic carbocycles. The van der Waals surface area contributed by atoms with E-state index in [0.29, 0.717) is 5.41 Å². The smallest absolute Gasteiger partial charge is 0.0598 e. The summed E-state index contributed by atoms with van der Waals surface area (Å²) in [6, 6.07) is 0. The number of hydrogen-bond donors (Lipinski definition) is 0. The largest absolute Gasteiger partial charge is 0.292 e. The maximum absolute atomic E-state index is 5.30. The molecule has 1 aliphatic heterocycles. The second-order valence-electron chi connectivity index (χ2n) is 4.19. The van der Waals surface area contributed by atoms with Crippen LogP contribution in [0.15, 0.2) is 0 Å². The van der Waals surface area contributed by atoms with E-state index in [1.807, 2.05) is 0 Å². The number of likely N-dealkylation sites (tertiary alicyclic amines) is 1. The van der Waals surface area contributed by atoms with Gasteiger partial charge in [0, 0.05) is 0 Å². The van der Waals surface area contributed by atoms with Gasteiger partial charge in [-0.15, -0.1) is 6.42 Å². The van der Waals surface area contributed by atoms with Gasteiger partial charge in [0.2, 0.25) is 0 Å². The van der Waals surface area contributed by atoms with Crippen molar-refractivity contribution in [2.75, 3.05) is 19.6 Å². The quantitative estimate of drug-likeness (QED) is 0.602. The Morgan fingerprint density at radius 1 is 1.23 bits per heavy atom. The van der Waals surface area contributed by atoms with Gasteiger partial charge in [-0.1, -0.05) is 32.6 Å². The first-order valence-corrected chi connectivity index (χ1v) is 5.42. The van der Waals surface area contributed by atoms with E-state index in [0.717, 1.165) is 6.54 Å². The molecule has 1 saturated heterocycles. The molecule has 0 unspecified atom stereocenters. The SMILES string of the molecule is C#CCN1CCC(CC)(CC)CC1. The third-order valence-corrected chi connectivity index (χ3v) is 3.73. The molecule has 13 heavy (non-hydrogen) atoms. The van der Waals surface area contributed by atoms with Crippen LogP contribution in [0.3, 0.4) is 0 Å². The minimum atomic E-state index is 0.630. The van der Waals surface area contributed by atoms with E-state index in [2.05, 4.69) is 24.7 Å². The van der Waals surface area contributed by atoms with Gasteiger partial charge in [0.15, 0.2) is 0 Å². The van der Waals surface area contributed by atoms with Crippen molar-refractivity contribution >= 4 is 0 Å². The first-order chi connectivity index (χ1) is 6.26. The predicted molar refractivity (Wildman–Crippen MR) is 57.5 cm³/mol. The third-order valence-electron chi connectivity index (χ3n) is 3.73. The van der Waals surface area contributed by atoms with Crippen LogP contribution in [0.5, 0.6) is 0 Å². The Morgan fingerprint density at radius 3 is 2.15 bits per heavy atom. The van der Waals surface area contributed by atoms with E-state index in [9.17, 15) is 0 Å². The summed E-state index contributed by atoms with van der Waals surface area (Å²) in [7, 11) is 0. The number of piperidine rings is 1. The normalized spacial score (nSPS) is 22.5. The Bertz CT molecular complexity index is 176. The third kappa shape index (κ3) is 2.48. The Labute approximate surface area is 82.5 Å². The molecule has 0 aromatic carbocycles. The molecule has 1 nitrogen and oxygen atoms in total. The highest BCUT2D eigenvalue weighted by molar-refractivity contribution is 4.92. The van der Waals surface area contributed by atoms with Crippen LogP contribution in [0, 0.1) is 17.8 Å². The summed E-state index contributed by atoms with van der Waals surface area (Å²) in [5.74, 6) is 2.73. The highest BCUT2D eigenvalue weighted by atomic mass is 15.1. The zero-order valence-electron chi connectivity index (χ0n) is 8.97. The van der Waals surface area contributed by atoms with Crippen LogP contribution in [0.1, 0.15) is 39.5 Å². The summed E-state index contributed by atoms with van der Waals surface area (Å²) in [5.41, 5.74) is 0.630. The Balaban J connectivity index is 2.41. The summed E-state index contributed by atoms with van der Waals surface area (Å²) in [4.78, 5) is 2.39. The molecule has 0 bridgehead atoms. The summed E-state index contributed by atoms with van der Waals surface area (Å²) < 4.78 is 0. The lowest BCUT2D eigenvalue weighted by Crippen LogP contribution is -2.39. The molecule has 0 aromatic rings. The van der Waals surface area contributed by atoms with Gasteiger partial charge in [-0.3, -0.25) is 4.90 Å². The summed E-state index contributed by atoms with van der Waals surface area (Å²) in [6.45, 7) is 7.88. The molecule has 0 aromatic heterocycles. The van der Waals surface area contributed by atoms with Crippen LogP contribution < -0.4 is 0 Å². The van der Waals surface area contributed by atoms with Crippen LogP contribution in [0.2, 0.25) is 0 Å². The Hall–Kier alpha value is -0.480. The van der Waals surface area contributed by atoms with Crippen molar-refractivity contribution < 1.29 is 0 Å². The Kier molecular flexibility index (Phi) is 3.81. The van der Waals surface area contributed by atoms with E-state index in [4.69, 9.17) is 6.42 Å². The van der Waals surface area contributed by atoms with Gasteiger partial charge in [0.05, 0.1) is 6.54 Å². The molecule has 0 amide bonds. The predicted octanol–water partition coefficient (Wildman–Crippen LogP) is 2.52. The highest BCUT2D eigenvalue weighted by Gasteiger charge is 2.30. The van der Waals surface area contributed by atoms with Crippen LogP contribution in [-0.4, -0.2) is 24.5 Å². The van der Waals surface area contributed by atoms with E-state index < -0.39 is 0 Å². The van der Waals surface area contributed by atoms with Crippen molar-refractivity contribution in [1.29, 1.82) is 0 Å². The summed E-state index contributed by atoms with van der Waals surface area (Å²) in [5, 5.41) is 0. The van der Waals surface area contributed by atoms with Crippen LogP contribution in [0.25, 0.3) is 0 Å². The fourth-order valence-electron chi connectivity index (χ4n) is 2.27. The van der Waals surface area contributed by atoms with E-state index in [-0.39, 0.29) is 0 Å². The molecule has 1 aliphatic rings. The standard InChI is InChI=1S/C12H21N/c1-4-9-13-10-7-12(5-2,6-3)8-11-13/h1H,5-11H2,2-3H3. The minimum absolute atomic E-state index is 0.630. The van der Waals surface area contributed by atoms with E-state index >= 15 is 0 Å². The van der Waals surface area contributed by atoms with Crippen molar-refractivity contribution in [2.24, 2.45) is 5.41 Å². The van der Waals surface area contributed by atoms with Gasteiger partial charge >= 0.3 is 0 Å². The first-order valence-electron chi connectivity index (χ1n) is 5.42. The number of rotatable bonds is 3. The fraction of sp³-hybridized carbons (Fsp3) is 0.833. The van der Waals surface area contributed by atoms with Gasteiger partial charge < -0.3 is 0 Å². The van der Waals surface area contributed by atoms with Crippen molar-refractivity contribution in [3.63, 3.8) is 0 Å². The van der Waals surface area contributed by atoms with Crippen LogP contribution >= 0.6 is 0 Å². The molecule has 74 valence electrons. The zero-order valence-corrected chi connectivity index (χ0v) is 8.97. The molecule has 0 atom stereocenters. The molecular weight excluding hydrogens is 158 g/mol. The molecule has 1 fully saturated rings. The maximum atomic E-state index is 5.30. The average molecular weight is 179 g/mol. The van der Waals surface area contributed by atoms with Gasteiger partial charge in [-0.2, -0.15) is 0 Å². The maximum Gasteiger partial charge on any atom is 0.0598 e. The number of terminal acetylenes is 1. The van der Waals surface area contributed by atoms with Crippen molar-refractivity contribution in [2.45, 2.75) is 39.5 Å². The van der Waals surface area contributed by atoms with E-state index in [1.165, 1.54) is 38.8 Å². The topological polar surface area (TPSA) is 3.24 Å². The molecule has 0 spiro atoms. The van der Waals surface area contributed by atoms with Crippen molar-refractivity contribution in [1.82, 2.24) is 4.90 Å². The average Bonchev–Trinajstić information content (AvgIpc) is 2.20. The van der Waals surface area contributed by atoms with Crippen LogP contribution in [-0.2, 0) is 0 Å². The number of hydrogen-bond acceptors (Lipinski definition) is 1. The summed E-state index contributed by atoms with van der Waals surface area (Å²) in [6.07, 6.45) is 10.6. The molecule has 0 N–H and O–H groups in total. The first kappa shape index (κ1) is 10.6. The van der Waals surface area contributed by atoms with Gasteiger partial charge in [0.25, 0.3) is 0 Å². The lowest BCUT2D eigenvalue weighted by molar-refractivity contribution is 0.105. The van der Waals surface area contributed by atoms with Gasteiger partial charge in [-0.05, 0) is 31.3 Å². The summed E-state index contributed by atoms with van der Waals surface area (Å²) >= 11 is 0. The second kappa shape index (κ2) is 4.67. The van der Waals surface area contributed by atoms with Crippen LogP contribution in [0.4, 0.5) is 0 Å². The van der Waals surface area contributed by atoms with E-state index in [1.54, 1.807) is 0 Å². The monoisotopic (exact) mass is 179 g/mol. The molecule has 1 heterocycles.